The highest BCUT2D eigenvalue weighted by Crippen LogP contribution is 2.16. The molecule has 0 N–H and O–H groups in total. The molecular formula is C8H8IN3. The van der Waals surface area contributed by atoms with Gasteiger partial charge < -0.3 is 0 Å². The minimum absolute atomic E-state index is 0.829. The van der Waals surface area contributed by atoms with Gasteiger partial charge in [-0.3, -0.25) is 4.68 Å². The molecule has 0 amide bonds. The molecule has 0 saturated heterocycles. The van der Waals surface area contributed by atoms with Gasteiger partial charge in [-0.15, -0.1) is 0 Å². The van der Waals surface area contributed by atoms with E-state index in [9.17, 15) is 0 Å². The number of pyridine rings is 1. The van der Waals surface area contributed by atoms with Crippen LogP contribution in [0, 0.1) is 10.5 Å². The molecule has 0 unspecified atom stereocenters. The van der Waals surface area contributed by atoms with Crippen LogP contribution in [-0.2, 0) is 7.05 Å². The maximum absolute atomic E-state index is 4.26. The lowest BCUT2D eigenvalue weighted by Gasteiger charge is -1.91. The number of aryl methyl sites for hydroxylation is 2. The maximum atomic E-state index is 4.26. The predicted octanol–water partition coefficient (Wildman–Crippen LogP) is 1.88. The minimum Gasteiger partial charge on any atom is -0.270 e. The normalized spacial score (nSPS) is 10.9. The molecule has 0 aromatic carbocycles. The van der Waals surface area contributed by atoms with Crippen LogP contribution in [0.4, 0.5) is 0 Å². The molecule has 2 aromatic heterocycles. The van der Waals surface area contributed by atoms with E-state index >= 15 is 0 Å². The zero-order chi connectivity index (χ0) is 8.72. The Bertz CT molecular complexity index is 433. The Balaban J connectivity index is 2.88. The Labute approximate surface area is 83.9 Å². The Morgan fingerprint density at radius 1 is 1.50 bits per heavy atom. The van der Waals surface area contributed by atoms with Crippen LogP contribution in [0.15, 0.2) is 12.3 Å². The van der Waals surface area contributed by atoms with Gasteiger partial charge in [0.1, 0.15) is 0 Å². The summed E-state index contributed by atoms with van der Waals surface area (Å²) in [5, 5.41) is 5.40. The first-order chi connectivity index (χ1) is 5.68. The molecule has 0 bridgehead atoms. The molecule has 0 atom stereocenters. The molecular weight excluding hydrogens is 265 g/mol. The lowest BCUT2D eigenvalue weighted by atomic mass is 10.3. The van der Waals surface area contributed by atoms with Gasteiger partial charge in [-0.25, -0.2) is 4.98 Å². The van der Waals surface area contributed by atoms with Gasteiger partial charge in [0.25, 0.3) is 0 Å². The van der Waals surface area contributed by atoms with Gasteiger partial charge in [0.05, 0.1) is 0 Å². The van der Waals surface area contributed by atoms with Crippen molar-refractivity contribution in [2.45, 2.75) is 6.92 Å². The van der Waals surface area contributed by atoms with Crippen molar-refractivity contribution in [3.05, 3.63) is 21.5 Å². The van der Waals surface area contributed by atoms with Gasteiger partial charge in [-0.1, -0.05) is 0 Å². The maximum Gasteiger partial charge on any atom is 0.181 e. The van der Waals surface area contributed by atoms with Crippen molar-refractivity contribution in [2.75, 3.05) is 0 Å². The molecule has 4 heteroatoms. The quantitative estimate of drug-likeness (QED) is 0.686. The number of hydrogen-bond donors (Lipinski definition) is 0. The number of halogens is 1. The second-order valence-electron chi connectivity index (χ2n) is 2.73. The van der Waals surface area contributed by atoms with Gasteiger partial charge >= 0.3 is 0 Å². The highest BCUT2D eigenvalue weighted by Gasteiger charge is 2.04. The Kier molecular flexibility index (Phi) is 1.79. The van der Waals surface area contributed by atoms with E-state index in [4.69, 9.17) is 0 Å². The van der Waals surface area contributed by atoms with Gasteiger partial charge in [-0.05, 0) is 35.6 Å². The Morgan fingerprint density at radius 2 is 2.25 bits per heavy atom. The SMILES string of the molecule is Cc1c2cc(I)cnc2nn1C. The second-order valence-corrected chi connectivity index (χ2v) is 3.98. The molecule has 0 radical (unpaired) electrons. The summed E-state index contributed by atoms with van der Waals surface area (Å²) >= 11 is 2.25. The largest absolute Gasteiger partial charge is 0.270 e. The Hall–Kier alpha value is -0.650. The van der Waals surface area contributed by atoms with E-state index in [0.717, 1.165) is 20.3 Å². The number of rotatable bonds is 0. The van der Waals surface area contributed by atoms with E-state index < -0.39 is 0 Å². The third kappa shape index (κ3) is 1.10. The van der Waals surface area contributed by atoms with Crippen molar-refractivity contribution in [3.63, 3.8) is 0 Å². The van der Waals surface area contributed by atoms with Gasteiger partial charge in [0.2, 0.25) is 0 Å². The van der Waals surface area contributed by atoms with Crippen molar-refractivity contribution in [1.82, 2.24) is 14.8 Å². The lowest BCUT2D eigenvalue weighted by molar-refractivity contribution is 0.748. The molecule has 0 spiro atoms. The van der Waals surface area contributed by atoms with Crippen LogP contribution in [0.25, 0.3) is 11.0 Å². The molecule has 2 heterocycles. The number of aromatic nitrogens is 3. The molecule has 0 saturated carbocycles. The summed E-state index contributed by atoms with van der Waals surface area (Å²) in [6.45, 7) is 2.05. The molecule has 62 valence electrons. The van der Waals surface area contributed by atoms with E-state index in [1.54, 1.807) is 0 Å². The molecule has 0 aliphatic carbocycles. The summed E-state index contributed by atoms with van der Waals surface area (Å²) in [6, 6.07) is 2.10. The zero-order valence-electron chi connectivity index (χ0n) is 6.87. The average molecular weight is 273 g/mol. The number of fused-ring (bicyclic) bond motifs is 1. The van der Waals surface area contributed by atoms with Crippen LogP contribution in [0.3, 0.4) is 0 Å². The molecule has 0 fully saturated rings. The van der Waals surface area contributed by atoms with E-state index in [0.29, 0.717) is 0 Å². The molecule has 12 heavy (non-hydrogen) atoms. The van der Waals surface area contributed by atoms with Crippen molar-refractivity contribution in [2.24, 2.45) is 7.05 Å². The molecule has 3 nitrogen and oxygen atoms in total. The fraction of sp³-hybridized carbons (Fsp3) is 0.250. The van der Waals surface area contributed by atoms with E-state index in [-0.39, 0.29) is 0 Å². The minimum atomic E-state index is 0.829. The monoisotopic (exact) mass is 273 g/mol. The van der Waals surface area contributed by atoms with E-state index in [1.807, 2.05) is 24.9 Å². The topological polar surface area (TPSA) is 30.7 Å². The number of hydrogen-bond acceptors (Lipinski definition) is 2. The average Bonchev–Trinajstić information content (AvgIpc) is 2.31. The summed E-state index contributed by atoms with van der Waals surface area (Å²) in [4.78, 5) is 4.22. The first-order valence-electron chi connectivity index (χ1n) is 3.63. The van der Waals surface area contributed by atoms with Crippen LogP contribution >= 0.6 is 22.6 Å². The van der Waals surface area contributed by atoms with Crippen LogP contribution in [0.1, 0.15) is 5.69 Å². The van der Waals surface area contributed by atoms with Crippen LogP contribution in [-0.4, -0.2) is 14.8 Å². The first kappa shape index (κ1) is 7.97. The summed E-state index contributed by atoms with van der Waals surface area (Å²) in [5.41, 5.74) is 1.99. The van der Waals surface area contributed by atoms with Crippen LogP contribution in [0.2, 0.25) is 0 Å². The summed E-state index contributed by atoms with van der Waals surface area (Å²) in [6.07, 6.45) is 1.83. The van der Waals surface area contributed by atoms with Gasteiger partial charge in [0, 0.05) is 27.9 Å². The van der Waals surface area contributed by atoms with Crippen molar-refractivity contribution in [3.8, 4) is 0 Å². The van der Waals surface area contributed by atoms with Crippen molar-refractivity contribution < 1.29 is 0 Å². The third-order valence-corrected chi connectivity index (χ3v) is 2.54. The van der Waals surface area contributed by atoms with E-state index in [1.165, 1.54) is 0 Å². The fourth-order valence-electron chi connectivity index (χ4n) is 1.17. The third-order valence-electron chi connectivity index (χ3n) is 1.95. The van der Waals surface area contributed by atoms with Gasteiger partial charge in [0.15, 0.2) is 5.65 Å². The second kappa shape index (κ2) is 2.69. The van der Waals surface area contributed by atoms with Crippen LogP contribution < -0.4 is 0 Å². The lowest BCUT2D eigenvalue weighted by Crippen LogP contribution is -1.91. The highest BCUT2D eigenvalue weighted by molar-refractivity contribution is 14.1. The van der Waals surface area contributed by atoms with Crippen LogP contribution in [0.5, 0.6) is 0 Å². The molecule has 2 aromatic rings. The summed E-state index contributed by atoms with van der Waals surface area (Å²) < 4.78 is 3.00. The summed E-state index contributed by atoms with van der Waals surface area (Å²) in [7, 11) is 1.93. The predicted molar refractivity (Wildman–Crippen MR) is 56.0 cm³/mol. The standard InChI is InChI=1S/C8H8IN3/c1-5-7-3-6(9)4-10-8(7)11-12(5)2/h3-4H,1-2H3. The van der Waals surface area contributed by atoms with E-state index in [2.05, 4.69) is 38.7 Å². The Morgan fingerprint density at radius 3 is 3.00 bits per heavy atom. The molecule has 2 rings (SSSR count). The fourth-order valence-corrected chi connectivity index (χ4v) is 1.62. The highest BCUT2D eigenvalue weighted by atomic mass is 127. The summed E-state index contributed by atoms with van der Waals surface area (Å²) in [5.74, 6) is 0. The smallest absolute Gasteiger partial charge is 0.181 e. The molecule has 0 aliphatic rings. The molecule has 0 aliphatic heterocycles. The number of nitrogens with zero attached hydrogens (tertiary/aromatic N) is 3. The van der Waals surface area contributed by atoms with Gasteiger partial charge in [-0.2, -0.15) is 5.10 Å². The van der Waals surface area contributed by atoms with Crippen molar-refractivity contribution in [1.29, 1.82) is 0 Å². The zero-order valence-corrected chi connectivity index (χ0v) is 9.03. The van der Waals surface area contributed by atoms with Crippen molar-refractivity contribution >= 4 is 33.6 Å². The first-order valence-corrected chi connectivity index (χ1v) is 4.71.